The summed E-state index contributed by atoms with van der Waals surface area (Å²) in [6.07, 6.45) is 10.8. The maximum absolute atomic E-state index is 10.6. The third-order valence-corrected chi connectivity index (χ3v) is 7.56. The molecule has 6 rings (SSSR count). The van der Waals surface area contributed by atoms with E-state index in [2.05, 4.69) is 50.5 Å². The molecule has 3 atom stereocenters. The van der Waals surface area contributed by atoms with Gasteiger partial charge >= 0.3 is 0 Å². The second-order valence-corrected chi connectivity index (χ2v) is 10.4. The van der Waals surface area contributed by atoms with Gasteiger partial charge in [-0.3, -0.25) is 5.10 Å². The van der Waals surface area contributed by atoms with Gasteiger partial charge < -0.3 is 15.3 Å². The van der Waals surface area contributed by atoms with E-state index in [4.69, 9.17) is 0 Å². The van der Waals surface area contributed by atoms with Gasteiger partial charge in [-0.05, 0) is 82.2 Å². The molecule has 2 bridgehead atoms. The van der Waals surface area contributed by atoms with E-state index < -0.39 is 0 Å². The van der Waals surface area contributed by atoms with Gasteiger partial charge in [0.15, 0.2) is 5.82 Å². The number of piperidine rings is 1. The highest BCUT2D eigenvalue weighted by atomic mass is 16.3. The van der Waals surface area contributed by atoms with Crippen molar-refractivity contribution in [1.29, 1.82) is 0 Å². The molecule has 3 N–H and O–H groups in total. The summed E-state index contributed by atoms with van der Waals surface area (Å²) in [5.74, 6) is 1.16. The lowest BCUT2D eigenvalue weighted by Crippen LogP contribution is -2.59. The Morgan fingerprint density at radius 2 is 1.75 bits per heavy atom. The number of anilines is 1. The van der Waals surface area contributed by atoms with Crippen molar-refractivity contribution in [2.24, 2.45) is 0 Å². The van der Waals surface area contributed by atoms with Crippen LogP contribution in [-0.4, -0.2) is 48.7 Å². The van der Waals surface area contributed by atoms with Crippen molar-refractivity contribution in [2.45, 2.75) is 75.5 Å². The van der Waals surface area contributed by atoms with E-state index in [1.807, 2.05) is 24.4 Å². The third-order valence-electron chi connectivity index (χ3n) is 7.56. The molecule has 0 unspecified atom stereocenters. The molecule has 0 radical (unpaired) electrons. The minimum Gasteiger partial charge on any atom is -0.507 e. The zero-order valence-electron chi connectivity index (χ0n) is 18.7. The molecule has 3 fully saturated rings. The first-order chi connectivity index (χ1) is 15.4. The number of aromatic amines is 1. The fourth-order valence-electron chi connectivity index (χ4n) is 5.99. The van der Waals surface area contributed by atoms with Crippen LogP contribution in [0.4, 0.5) is 5.82 Å². The zero-order valence-corrected chi connectivity index (χ0v) is 18.7. The van der Waals surface area contributed by atoms with Gasteiger partial charge in [-0.1, -0.05) is 6.07 Å². The van der Waals surface area contributed by atoms with Crippen LogP contribution in [0.2, 0.25) is 0 Å². The van der Waals surface area contributed by atoms with Crippen LogP contribution < -0.4 is 10.2 Å². The largest absolute Gasteiger partial charge is 0.507 e. The Hall–Kier alpha value is -2.93. The highest BCUT2D eigenvalue weighted by molar-refractivity contribution is 5.73. The molecule has 2 saturated heterocycles. The average molecular weight is 431 g/mol. The number of H-pyrrole nitrogens is 1. The van der Waals surface area contributed by atoms with E-state index in [1.54, 1.807) is 12.3 Å². The fraction of sp³-hybridized carbons (Fsp3) is 0.480. The molecule has 1 saturated carbocycles. The third kappa shape index (κ3) is 3.45. The molecule has 3 aliphatic rings. The number of phenolic OH excluding ortho intramolecular Hbond substituents is 1. The average Bonchev–Trinajstić information content (AvgIpc) is 3.37. The molecule has 2 aliphatic heterocycles. The van der Waals surface area contributed by atoms with Crippen molar-refractivity contribution >= 4 is 5.82 Å². The summed E-state index contributed by atoms with van der Waals surface area (Å²) in [6.45, 7) is 4.75. The topological polar surface area (TPSA) is 90.0 Å². The van der Waals surface area contributed by atoms with E-state index in [-0.39, 0.29) is 16.8 Å². The molecule has 166 valence electrons. The van der Waals surface area contributed by atoms with Gasteiger partial charge in [0, 0.05) is 40.5 Å². The van der Waals surface area contributed by atoms with E-state index >= 15 is 0 Å². The van der Waals surface area contributed by atoms with Crippen molar-refractivity contribution < 1.29 is 5.11 Å². The first-order valence-corrected chi connectivity index (χ1v) is 11.7. The second-order valence-electron chi connectivity index (χ2n) is 10.4. The highest BCUT2D eigenvalue weighted by Gasteiger charge is 2.51. The van der Waals surface area contributed by atoms with Crippen LogP contribution in [0.5, 0.6) is 5.75 Å². The predicted octanol–water partition coefficient (Wildman–Crippen LogP) is 4.27. The number of phenols is 1. The Bertz CT molecular complexity index is 1110. The van der Waals surface area contributed by atoms with E-state index in [1.165, 1.54) is 25.7 Å². The summed E-state index contributed by atoms with van der Waals surface area (Å²) >= 11 is 0. The Balaban J connectivity index is 1.27. The first kappa shape index (κ1) is 19.7. The lowest BCUT2D eigenvalue weighted by atomic mass is 9.84. The first-order valence-electron chi connectivity index (χ1n) is 11.7. The summed E-state index contributed by atoms with van der Waals surface area (Å²) < 4.78 is 0. The molecule has 2 aromatic heterocycles. The van der Waals surface area contributed by atoms with Gasteiger partial charge in [0.1, 0.15) is 5.75 Å². The monoisotopic (exact) mass is 430 g/mol. The van der Waals surface area contributed by atoms with Gasteiger partial charge in [0.25, 0.3) is 0 Å². The molecule has 7 heteroatoms. The molecule has 1 aliphatic carbocycles. The molecular formula is C25H30N6O. The van der Waals surface area contributed by atoms with E-state index in [9.17, 15) is 5.11 Å². The number of benzene rings is 1. The van der Waals surface area contributed by atoms with E-state index in [0.29, 0.717) is 23.3 Å². The Labute approximate surface area is 188 Å². The summed E-state index contributed by atoms with van der Waals surface area (Å²) in [4.78, 5) is 2.54. The number of nitrogens with one attached hydrogen (secondary N) is 2. The fourth-order valence-corrected chi connectivity index (χ4v) is 5.99. The highest BCUT2D eigenvalue weighted by Crippen LogP contribution is 2.46. The van der Waals surface area contributed by atoms with Crippen molar-refractivity contribution in [2.75, 3.05) is 4.90 Å². The number of aromatic nitrogens is 4. The van der Waals surface area contributed by atoms with E-state index in [0.717, 1.165) is 29.8 Å². The Morgan fingerprint density at radius 3 is 2.34 bits per heavy atom. The number of fused-ring (bicyclic) bond motifs is 2. The Morgan fingerprint density at radius 1 is 0.969 bits per heavy atom. The van der Waals surface area contributed by atoms with Crippen LogP contribution in [0.1, 0.15) is 52.4 Å². The quantitative estimate of drug-likeness (QED) is 0.560. The number of rotatable bonds is 5. The molecule has 7 nitrogen and oxygen atoms in total. The van der Waals surface area contributed by atoms with Crippen LogP contribution in [0.15, 0.2) is 42.7 Å². The SMILES string of the molecule is C[C@]12CC[C@](C)(C[C@H](N(c3ccc(-c4ccc(-c5cn[nH]c5)cc4O)nn3)C3CC3)C1)N2. The Kier molecular flexibility index (Phi) is 4.34. The van der Waals surface area contributed by atoms with Gasteiger partial charge in [0.05, 0.1) is 11.9 Å². The summed E-state index contributed by atoms with van der Waals surface area (Å²) in [6, 6.07) is 10.8. The molecule has 3 aromatic rings. The van der Waals surface area contributed by atoms with Gasteiger partial charge in [0.2, 0.25) is 0 Å². The van der Waals surface area contributed by atoms with Crippen LogP contribution in [-0.2, 0) is 0 Å². The van der Waals surface area contributed by atoms with Crippen molar-refractivity contribution in [1.82, 2.24) is 25.7 Å². The minimum atomic E-state index is 0.195. The molecule has 4 heterocycles. The summed E-state index contributed by atoms with van der Waals surface area (Å²) in [5, 5.41) is 30.5. The van der Waals surface area contributed by atoms with Crippen LogP contribution >= 0.6 is 0 Å². The molecule has 32 heavy (non-hydrogen) atoms. The van der Waals surface area contributed by atoms with Gasteiger partial charge in [-0.15, -0.1) is 10.2 Å². The normalized spacial score (nSPS) is 29.2. The van der Waals surface area contributed by atoms with Crippen LogP contribution in [0.3, 0.4) is 0 Å². The number of nitrogens with zero attached hydrogens (tertiary/aromatic N) is 4. The molecule has 0 spiro atoms. The smallest absolute Gasteiger partial charge is 0.151 e. The minimum absolute atomic E-state index is 0.195. The molecular weight excluding hydrogens is 400 g/mol. The van der Waals surface area contributed by atoms with Crippen molar-refractivity contribution in [3.8, 4) is 28.1 Å². The maximum atomic E-state index is 10.6. The molecule has 0 amide bonds. The number of hydrogen-bond donors (Lipinski definition) is 3. The second kappa shape index (κ2) is 7.04. The van der Waals surface area contributed by atoms with Gasteiger partial charge in [-0.25, -0.2) is 0 Å². The number of aromatic hydroxyl groups is 1. The van der Waals surface area contributed by atoms with Crippen LogP contribution in [0.25, 0.3) is 22.4 Å². The summed E-state index contributed by atoms with van der Waals surface area (Å²) in [7, 11) is 0. The lowest BCUT2D eigenvalue weighted by Gasteiger charge is -2.46. The van der Waals surface area contributed by atoms with Crippen molar-refractivity contribution in [3.05, 3.63) is 42.7 Å². The standard InChI is InChI=1S/C25H30N6O/c1-24-9-10-25(2,30-24)13-19(12-24)31(18-4-5-18)23-8-7-21(28-29-23)20-6-3-16(11-22(20)32)17-14-26-27-15-17/h3,6-8,11,14-15,18-19,30,32H,4-5,9-10,12-13H2,1-2H3,(H,26,27)/t19-,24+,25-. The van der Waals surface area contributed by atoms with Crippen molar-refractivity contribution in [3.63, 3.8) is 0 Å². The zero-order chi connectivity index (χ0) is 21.9. The van der Waals surface area contributed by atoms with Gasteiger partial charge in [-0.2, -0.15) is 5.10 Å². The number of hydrogen-bond acceptors (Lipinski definition) is 6. The lowest BCUT2D eigenvalue weighted by molar-refractivity contribution is 0.203. The predicted molar refractivity (Wildman–Crippen MR) is 124 cm³/mol. The van der Waals surface area contributed by atoms with Crippen LogP contribution in [0, 0.1) is 0 Å². The molecule has 1 aromatic carbocycles. The summed E-state index contributed by atoms with van der Waals surface area (Å²) in [5.41, 5.74) is 3.67. The maximum Gasteiger partial charge on any atom is 0.151 e.